The highest BCUT2D eigenvalue weighted by molar-refractivity contribution is 9.10. The Labute approximate surface area is 171 Å². The van der Waals surface area contributed by atoms with Crippen molar-refractivity contribution in [1.82, 2.24) is 16.2 Å². The van der Waals surface area contributed by atoms with Gasteiger partial charge in [-0.3, -0.25) is 25.8 Å². The Kier molecular flexibility index (Phi) is 7.75. The molecule has 142 valence electrons. The van der Waals surface area contributed by atoms with Crippen LogP contribution in [-0.4, -0.2) is 23.0 Å². The molecule has 2 rings (SSSR count). The predicted molar refractivity (Wildman–Crippen MR) is 112 cm³/mol. The van der Waals surface area contributed by atoms with Crippen LogP contribution in [0.4, 0.5) is 0 Å². The van der Waals surface area contributed by atoms with Crippen LogP contribution in [0.5, 0.6) is 5.75 Å². The third-order valence-corrected chi connectivity index (χ3v) is 4.56. The van der Waals surface area contributed by atoms with E-state index in [-0.39, 0.29) is 17.1 Å². The second-order valence-corrected chi connectivity index (χ2v) is 6.97. The first-order valence-corrected chi connectivity index (χ1v) is 9.53. The number of rotatable bonds is 5. The molecule has 0 aliphatic heterocycles. The molecule has 1 unspecified atom stereocenters. The highest BCUT2D eigenvalue weighted by Crippen LogP contribution is 2.16. The topological polar surface area (TPSA) is 79.5 Å². The molecule has 0 saturated heterocycles. The van der Waals surface area contributed by atoms with Crippen molar-refractivity contribution in [3.8, 4) is 5.75 Å². The van der Waals surface area contributed by atoms with Crippen LogP contribution < -0.4 is 20.9 Å². The Bertz CT molecular complexity index is 827. The van der Waals surface area contributed by atoms with E-state index < -0.39 is 5.91 Å². The molecule has 2 aromatic rings. The maximum Gasteiger partial charge on any atom is 0.270 e. The molecule has 8 heteroatoms. The number of benzene rings is 2. The van der Waals surface area contributed by atoms with Crippen LogP contribution in [0.25, 0.3) is 0 Å². The Morgan fingerprint density at radius 2 is 1.74 bits per heavy atom. The van der Waals surface area contributed by atoms with E-state index in [9.17, 15) is 9.59 Å². The minimum Gasteiger partial charge on any atom is -0.491 e. The smallest absolute Gasteiger partial charge is 0.270 e. The van der Waals surface area contributed by atoms with Crippen molar-refractivity contribution in [1.29, 1.82) is 0 Å². The lowest BCUT2D eigenvalue weighted by atomic mass is 10.2. The lowest BCUT2D eigenvalue weighted by Gasteiger charge is -2.13. The molecule has 6 nitrogen and oxygen atoms in total. The van der Waals surface area contributed by atoms with Gasteiger partial charge in [-0.25, -0.2) is 0 Å². The summed E-state index contributed by atoms with van der Waals surface area (Å²) in [4.78, 5) is 24.3. The number of hydrogen-bond acceptors (Lipinski definition) is 4. The summed E-state index contributed by atoms with van der Waals surface area (Å²) in [5, 5.41) is 2.49. The van der Waals surface area contributed by atoms with Crippen molar-refractivity contribution in [3.05, 3.63) is 64.1 Å². The zero-order valence-corrected chi connectivity index (χ0v) is 17.3. The summed E-state index contributed by atoms with van der Waals surface area (Å²) < 4.78 is 6.33. The molecule has 0 fully saturated rings. The maximum atomic E-state index is 12.2. The number of hydrogen-bond donors (Lipinski definition) is 3. The van der Waals surface area contributed by atoms with Gasteiger partial charge in [-0.2, -0.15) is 0 Å². The highest BCUT2D eigenvalue weighted by atomic mass is 79.9. The lowest BCUT2D eigenvalue weighted by molar-refractivity contribution is 0.0934. The van der Waals surface area contributed by atoms with Crippen molar-refractivity contribution < 1.29 is 14.3 Å². The van der Waals surface area contributed by atoms with Crippen molar-refractivity contribution in [2.75, 3.05) is 0 Å². The SMILES string of the molecule is CCC(C)Oc1ccc(C(=O)NC(=S)NNC(=O)c2ccccc2Br)cc1. The van der Waals surface area contributed by atoms with Crippen LogP contribution in [0.2, 0.25) is 0 Å². The first-order valence-electron chi connectivity index (χ1n) is 8.33. The van der Waals surface area contributed by atoms with Crippen LogP contribution in [0.1, 0.15) is 41.0 Å². The van der Waals surface area contributed by atoms with Crippen molar-refractivity contribution in [2.45, 2.75) is 26.4 Å². The molecule has 0 radical (unpaired) electrons. The highest BCUT2D eigenvalue weighted by Gasteiger charge is 2.11. The Hall–Kier alpha value is -2.45. The zero-order chi connectivity index (χ0) is 19.8. The summed E-state index contributed by atoms with van der Waals surface area (Å²) in [6.45, 7) is 4.02. The van der Waals surface area contributed by atoms with Gasteiger partial charge in [-0.1, -0.05) is 19.1 Å². The van der Waals surface area contributed by atoms with Crippen molar-refractivity contribution in [3.63, 3.8) is 0 Å². The summed E-state index contributed by atoms with van der Waals surface area (Å²) in [6, 6.07) is 13.7. The molecular weight excluding hydrogens is 430 g/mol. The number of carbonyl (C=O) groups is 2. The third kappa shape index (κ3) is 6.33. The van der Waals surface area contributed by atoms with Gasteiger partial charge in [0, 0.05) is 10.0 Å². The molecule has 3 N–H and O–H groups in total. The zero-order valence-electron chi connectivity index (χ0n) is 14.9. The van der Waals surface area contributed by atoms with Crippen LogP contribution in [0, 0.1) is 0 Å². The number of carbonyl (C=O) groups excluding carboxylic acids is 2. The molecule has 0 saturated carbocycles. The molecule has 0 aliphatic carbocycles. The minimum atomic E-state index is -0.391. The molecular formula is C19H20BrN3O3S. The van der Waals surface area contributed by atoms with E-state index in [1.807, 2.05) is 13.8 Å². The van der Waals surface area contributed by atoms with Crippen molar-refractivity contribution in [2.24, 2.45) is 0 Å². The standard InChI is InChI=1S/C19H20BrN3O3S/c1-3-12(2)26-14-10-8-13(9-11-14)17(24)21-19(27)23-22-18(25)15-6-4-5-7-16(15)20/h4-12H,3H2,1-2H3,(H,22,25)(H2,21,23,24,27). The summed E-state index contributed by atoms with van der Waals surface area (Å²) >= 11 is 8.33. The van der Waals surface area contributed by atoms with Gasteiger partial charge < -0.3 is 4.74 Å². The van der Waals surface area contributed by atoms with Crippen LogP contribution in [0.15, 0.2) is 53.0 Å². The number of thiocarbonyl (C=S) groups is 1. The van der Waals surface area contributed by atoms with Crippen LogP contribution in [0.3, 0.4) is 0 Å². The largest absolute Gasteiger partial charge is 0.491 e. The van der Waals surface area contributed by atoms with Gasteiger partial charge in [0.1, 0.15) is 5.75 Å². The molecule has 0 spiro atoms. The summed E-state index contributed by atoms with van der Waals surface area (Å²) in [7, 11) is 0. The fourth-order valence-electron chi connectivity index (χ4n) is 2.03. The third-order valence-electron chi connectivity index (χ3n) is 3.66. The predicted octanol–water partition coefficient (Wildman–Crippen LogP) is 3.58. The maximum absolute atomic E-state index is 12.2. The summed E-state index contributed by atoms with van der Waals surface area (Å²) in [5.74, 6) is -0.0781. The monoisotopic (exact) mass is 449 g/mol. The Morgan fingerprint density at radius 1 is 1.07 bits per heavy atom. The van der Waals surface area contributed by atoms with E-state index in [1.165, 1.54) is 0 Å². The van der Waals surface area contributed by atoms with E-state index in [0.717, 1.165) is 6.42 Å². The van der Waals surface area contributed by atoms with Gasteiger partial charge in [-0.05, 0) is 77.9 Å². The van der Waals surface area contributed by atoms with Crippen LogP contribution >= 0.6 is 28.1 Å². The second kappa shape index (κ2) is 10.0. The van der Waals surface area contributed by atoms with Gasteiger partial charge in [0.15, 0.2) is 5.11 Å². The van der Waals surface area contributed by atoms with Gasteiger partial charge >= 0.3 is 0 Å². The van der Waals surface area contributed by atoms with Gasteiger partial charge in [0.2, 0.25) is 0 Å². The number of nitrogens with one attached hydrogen (secondary N) is 3. The van der Waals surface area contributed by atoms with E-state index in [4.69, 9.17) is 17.0 Å². The van der Waals surface area contributed by atoms with E-state index >= 15 is 0 Å². The molecule has 0 aromatic heterocycles. The van der Waals surface area contributed by atoms with E-state index in [2.05, 4.69) is 32.1 Å². The average molecular weight is 450 g/mol. The normalized spacial score (nSPS) is 11.2. The minimum absolute atomic E-state index is 0.0136. The quantitative estimate of drug-likeness (QED) is 0.480. The van der Waals surface area contributed by atoms with Crippen LogP contribution in [-0.2, 0) is 0 Å². The van der Waals surface area contributed by atoms with E-state index in [1.54, 1.807) is 48.5 Å². The van der Waals surface area contributed by atoms with Crippen molar-refractivity contribution >= 4 is 45.1 Å². The lowest BCUT2D eigenvalue weighted by Crippen LogP contribution is -2.48. The molecule has 2 amide bonds. The average Bonchev–Trinajstić information content (AvgIpc) is 2.66. The Morgan fingerprint density at radius 3 is 2.37 bits per heavy atom. The Balaban J connectivity index is 1.85. The molecule has 27 heavy (non-hydrogen) atoms. The number of amides is 2. The molecule has 2 aromatic carbocycles. The fraction of sp³-hybridized carbons (Fsp3) is 0.211. The molecule has 1 atom stereocenters. The number of ether oxygens (including phenoxy) is 1. The molecule has 0 aliphatic rings. The van der Waals surface area contributed by atoms with Gasteiger partial charge in [0.25, 0.3) is 11.8 Å². The molecule has 0 heterocycles. The number of hydrazine groups is 1. The van der Waals surface area contributed by atoms with E-state index in [0.29, 0.717) is 21.3 Å². The second-order valence-electron chi connectivity index (χ2n) is 5.70. The summed E-state index contributed by atoms with van der Waals surface area (Å²) in [6.07, 6.45) is 1.00. The summed E-state index contributed by atoms with van der Waals surface area (Å²) in [5.41, 5.74) is 5.81. The first kappa shape index (κ1) is 20.9. The van der Waals surface area contributed by atoms with Gasteiger partial charge in [-0.15, -0.1) is 0 Å². The number of halogens is 1. The van der Waals surface area contributed by atoms with Gasteiger partial charge in [0.05, 0.1) is 11.7 Å². The molecule has 0 bridgehead atoms. The first-order chi connectivity index (χ1) is 12.9. The fourth-order valence-corrected chi connectivity index (χ4v) is 2.64.